The van der Waals surface area contributed by atoms with Crippen molar-refractivity contribution in [2.75, 3.05) is 6.26 Å². The number of hydrogen-bond donors (Lipinski definition) is 0. The Balaban J connectivity index is 1.83. The molecular weight excluding hydrogens is 377 g/mol. The monoisotopic (exact) mass is 395 g/mol. The largest absolute Gasteiger partial charge is 0.325 e. The molecule has 0 aliphatic rings. The van der Waals surface area contributed by atoms with Crippen LogP contribution < -0.4 is 0 Å². The molecule has 0 aliphatic heterocycles. The van der Waals surface area contributed by atoms with Crippen molar-refractivity contribution >= 4 is 20.9 Å². The zero-order valence-electron chi connectivity index (χ0n) is 15.2. The standard InChI is InChI=1S/C21H18FN3O2S/c1-28(26,27)20-11-17-10-19(9-16-3-2-8-23-12-16)25(21(17)24-13-20)14-15-4-6-18(22)7-5-15/h2-8,10-13H,9,14H2,1H3. The van der Waals surface area contributed by atoms with Crippen LogP contribution in [-0.4, -0.2) is 29.2 Å². The Hall–Kier alpha value is -3.06. The fraction of sp³-hybridized carbons (Fsp3) is 0.143. The summed E-state index contributed by atoms with van der Waals surface area (Å²) in [4.78, 5) is 8.76. The Labute approximate surface area is 162 Å². The Morgan fingerprint density at radius 1 is 1.04 bits per heavy atom. The first-order valence-electron chi connectivity index (χ1n) is 8.72. The quantitative estimate of drug-likeness (QED) is 0.518. The summed E-state index contributed by atoms with van der Waals surface area (Å²) in [7, 11) is -3.34. The number of benzene rings is 1. The van der Waals surface area contributed by atoms with Gasteiger partial charge in [0.2, 0.25) is 0 Å². The Morgan fingerprint density at radius 3 is 2.50 bits per heavy atom. The average molecular weight is 395 g/mol. The number of halogens is 1. The molecule has 0 amide bonds. The van der Waals surface area contributed by atoms with Gasteiger partial charge >= 0.3 is 0 Å². The number of hydrogen-bond acceptors (Lipinski definition) is 4. The second-order valence-electron chi connectivity index (χ2n) is 6.74. The molecule has 3 heterocycles. The van der Waals surface area contributed by atoms with Gasteiger partial charge in [-0.2, -0.15) is 0 Å². The number of pyridine rings is 2. The lowest BCUT2D eigenvalue weighted by molar-refractivity contribution is 0.601. The van der Waals surface area contributed by atoms with E-state index in [-0.39, 0.29) is 10.7 Å². The van der Waals surface area contributed by atoms with Crippen LogP contribution in [0.25, 0.3) is 11.0 Å². The van der Waals surface area contributed by atoms with Crippen LogP contribution in [-0.2, 0) is 22.8 Å². The van der Waals surface area contributed by atoms with Crippen molar-refractivity contribution in [3.63, 3.8) is 0 Å². The molecule has 0 N–H and O–H groups in total. The average Bonchev–Trinajstić information content (AvgIpc) is 3.00. The van der Waals surface area contributed by atoms with Crippen LogP contribution >= 0.6 is 0 Å². The van der Waals surface area contributed by atoms with E-state index >= 15 is 0 Å². The Morgan fingerprint density at radius 2 is 1.82 bits per heavy atom. The predicted octanol–water partition coefficient (Wildman–Crippen LogP) is 3.61. The first-order valence-corrected chi connectivity index (χ1v) is 10.6. The third-order valence-electron chi connectivity index (χ3n) is 4.58. The van der Waals surface area contributed by atoms with Crippen molar-refractivity contribution < 1.29 is 12.8 Å². The van der Waals surface area contributed by atoms with Gasteiger partial charge in [0.25, 0.3) is 0 Å². The molecule has 0 atom stereocenters. The lowest BCUT2D eigenvalue weighted by Gasteiger charge is -2.11. The third-order valence-corrected chi connectivity index (χ3v) is 5.66. The molecule has 7 heteroatoms. The maximum Gasteiger partial charge on any atom is 0.177 e. The predicted molar refractivity (Wildman–Crippen MR) is 105 cm³/mol. The van der Waals surface area contributed by atoms with Crippen molar-refractivity contribution in [1.29, 1.82) is 0 Å². The summed E-state index contributed by atoms with van der Waals surface area (Å²) in [5.74, 6) is -0.285. The molecule has 0 aliphatic carbocycles. The highest BCUT2D eigenvalue weighted by atomic mass is 32.2. The van der Waals surface area contributed by atoms with Gasteiger partial charge in [0.15, 0.2) is 9.84 Å². The first-order chi connectivity index (χ1) is 13.4. The Kier molecular flexibility index (Phi) is 4.68. The summed E-state index contributed by atoms with van der Waals surface area (Å²) in [5.41, 5.74) is 3.63. The van der Waals surface area contributed by atoms with Gasteiger partial charge in [-0.15, -0.1) is 0 Å². The van der Waals surface area contributed by atoms with E-state index in [1.807, 2.05) is 22.8 Å². The van der Waals surface area contributed by atoms with Crippen LogP contribution in [0.5, 0.6) is 0 Å². The molecule has 0 spiro atoms. The van der Waals surface area contributed by atoms with Crippen molar-refractivity contribution in [3.8, 4) is 0 Å². The molecule has 0 bridgehead atoms. The molecule has 3 aromatic heterocycles. The van der Waals surface area contributed by atoms with E-state index in [4.69, 9.17) is 0 Å². The highest BCUT2D eigenvalue weighted by molar-refractivity contribution is 7.90. The third kappa shape index (κ3) is 3.80. The van der Waals surface area contributed by atoms with E-state index in [0.717, 1.165) is 22.2 Å². The minimum Gasteiger partial charge on any atom is -0.325 e. The maximum atomic E-state index is 13.3. The van der Waals surface area contributed by atoms with Gasteiger partial charge in [0.1, 0.15) is 11.5 Å². The molecule has 4 aromatic rings. The van der Waals surface area contributed by atoms with Gasteiger partial charge in [0, 0.05) is 48.9 Å². The van der Waals surface area contributed by atoms with Gasteiger partial charge in [-0.1, -0.05) is 18.2 Å². The van der Waals surface area contributed by atoms with Gasteiger partial charge in [0.05, 0.1) is 4.90 Å². The fourth-order valence-electron chi connectivity index (χ4n) is 3.19. The highest BCUT2D eigenvalue weighted by Gasteiger charge is 2.15. The molecule has 28 heavy (non-hydrogen) atoms. The van der Waals surface area contributed by atoms with Crippen LogP contribution in [0, 0.1) is 5.82 Å². The van der Waals surface area contributed by atoms with E-state index in [1.54, 1.807) is 30.6 Å². The van der Waals surface area contributed by atoms with E-state index in [0.29, 0.717) is 18.6 Å². The second-order valence-corrected chi connectivity index (χ2v) is 8.76. The maximum absolute atomic E-state index is 13.3. The van der Waals surface area contributed by atoms with E-state index in [1.165, 1.54) is 24.6 Å². The van der Waals surface area contributed by atoms with Gasteiger partial charge in [-0.25, -0.2) is 17.8 Å². The molecule has 4 rings (SSSR count). The van der Waals surface area contributed by atoms with E-state index in [2.05, 4.69) is 9.97 Å². The zero-order chi connectivity index (χ0) is 19.7. The van der Waals surface area contributed by atoms with Crippen molar-refractivity contribution in [1.82, 2.24) is 14.5 Å². The minimum atomic E-state index is -3.34. The van der Waals surface area contributed by atoms with E-state index < -0.39 is 9.84 Å². The summed E-state index contributed by atoms with van der Waals surface area (Å²) in [5, 5.41) is 0.754. The van der Waals surface area contributed by atoms with Crippen molar-refractivity contribution in [2.45, 2.75) is 17.9 Å². The smallest absolute Gasteiger partial charge is 0.177 e. The summed E-state index contributed by atoms with van der Waals surface area (Å²) >= 11 is 0. The van der Waals surface area contributed by atoms with Gasteiger partial charge < -0.3 is 4.57 Å². The number of fused-ring (bicyclic) bond motifs is 1. The number of aromatic nitrogens is 3. The van der Waals surface area contributed by atoms with Crippen LogP contribution in [0.3, 0.4) is 0 Å². The molecule has 0 saturated heterocycles. The fourth-order valence-corrected chi connectivity index (χ4v) is 3.77. The number of nitrogens with zero attached hydrogens (tertiary/aromatic N) is 3. The van der Waals surface area contributed by atoms with Gasteiger partial charge in [-0.3, -0.25) is 4.98 Å². The molecule has 0 unspecified atom stereocenters. The van der Waals surface area contributed by atoms with Crippen LogP contribution in [0.1, 0.15) is 16.8 Å². The minimum absolute atomic E-state index is 0.187. The van der Waals surface area contributed by atoms with Crippen LogP contribution in [0.15, 0.2) is 72.0 Å². The molecule has 1 aromatic carbocycles. The van der Waals surface area contributed by atoms with Gasteiger partial charge in [-0.05, 0) is 41.5 Å². The number of rotatable bonds is 5. The zero-order valence-corrected chi connectivity index (χ0v) is 16.0. The van der Waals surface area contributed by atoms with Crippen molar-refractivity contribution in [3.05, 3.63) is 89.8 Å². The normalized spacial score (nSPS) is 11.8. The lowest BCUT2D eigenvalue weighted by Crippen LogP contribution is -2.06. The van der Waals surface area contributed by atoms with Crippen LogP contribution in [0.2, 0.25) is 0 Å². The van der Waals surface area contributed by atoms with E-state index in [9.17, 15) is 12.8 Å². The first kappa shape index (κ1) is 18.3. The SMILES string of the molecule is CS(=O)(=O)c1cnc2c(c1)cc(Cc1cccnc1)n2Cc1ccc(F)cc1. The highest BCUT2D eigenvalue weighted by Crippen LogP contribution is 2.24. The second kappa shape index (κ2) is 7.16. The molecular formula is C21H18FN3O2S. The molecule has 5 nitrogen and oxygen atoms in total. The molecule has 0 fully saturated rings. The van der Waals surface area contributed by atoms with Crippen molar-refractivity contribution in [2.24, 2.45) is 0 Å². The van der Waals surface area contributed by atoms with Crippen LogP contribution in [0.4, 0.5) is 4.39 Å². The topological polar surface area (TPSA) is 64.8 Å². The molecule has 0 saturated carbocycles. The summed E-state index contributed by atoms with van der Waals surface area (Å²) in [6.45, 7) is 0.505. The summed E-state index contributed by atoms with van der Waals surface area (Å²) in [6.07, 6.45) is 6.70. The Bertz CT molecular complexity index is 1230. The number of sulfone groups is 1. The molecule has 142 valence electrons. The summed E-state index contributed by atoms with van der Waals surface area (Å²) < 4.78 is 39.1. The summed E-state index contributed by atoms with van der Waals surface area (Å²) in [6, 6.07) is 13.8. The molecule has 0 radical (unpaired) electrons. The lowest BCUT2D eigenvalue weighted by atomic mass is 10.1.